The molecule has 7 nitrogen and oxygen atoms in total. The number of rotatable bonds is 2. The topological polar surface area (TPSA) is 89.4 Å². The predicted octanol–water partition coefficient (Wildman–Crippen LogP) is 3.81. The fraction of sp³-hybridized carbons (Fsp3) is 0.667. The third kappa shape index (κ3) is 10.6. The Hall–Kier alpha value is -1.32. The molecule has 1 aliphatic heterocycles. The number of nitrogens with one attached hydrogen (secondary N) is 1. The lowest BCUT2D eigenvalue weighted by Crippen LogP contribution is -2.55. The van der Waals surface area contributed by atoms with Crippen LogP contribution in [0.25, 0.3) is 0 Å². The number of piperidine rings is 1. The number of thioether (sulfide) groups is 2. The molecule has 0 aromatic carbocycles. The van der Waals surface area contributed by atoms with Gasteiger partial charge in [-0.3, -0.25) is 0 Å². The zero-order valence-electron chi connectivity index (χ0n) is 17.4. The molecule has 2 aromatic heterocycles. The first-order valence-electron chi connectivity index (χ1n) is 8.85. The summed E-state index contributed by atoms with van der Waals surface area (Å²) in [6, 6.07) is 0. The summed E-state index contributed by atoms with van der Waals surface area (Å²) in [7, 11) is 0. The second kappa shape index (κ2) is 11.5. The van der Waals surface area contributed by atoms with E-state index in [9.17, 15) is 0 Å². The van der Waals surface area contributed by atoms with E-state index in [1.165, 1.54) is 42.8 Å². The summed E-state index contributed by atoms with van der Waals surface area (Å²) < 4.78 is 0. The molecular weight excluding hydrogens is 378 g/mol. The Morgan fingerprint density at radius 2 is 1.44 bits per heavy atom. The van der Waals surface area contributed by atoms with Crippen LogP contribution in [0.15, 0.2) is 28.9 Å². The van der Waals surface area contributed by atoms with Gasteiger partial charge in [0, 0.05) is 11.1 Å². The summed E-state index contributed by atoms with van der Waals surface area (Å²) in [6.45, 7) is 11.0. The standard InChI is InChI=1S/C9H19N.C5H7N3S.C4H5N3S/c1-8(2)6-5-7-9(3,4)10-8;1-4-3-6-5(9-2)8-7-4;1-8-4-5-2-3-6-7-4/h10H,5-7H2,1-4H3;3H,1-2H3;2-3H,1H3. The van der Waals surface area contributed by atoms with Crippen LogP contribution in [0, 0.1) is 6.92 Å². The molecule has 0 amide bonds. The van der Waals surface area contributed by atoms with Crippen LogP contribution in [-0.2, 0) is 0 Å². The number of hydrogen-bond acceptors (Lipinski definition) is 9. The fourth-order valence-electron chi connectivity index (χ4n) is 2.76. The third-order valence-electron chi connectivity index (χ3n) is 3.76. The molecule has 0 unspecified atom stereocenters. The molecule has 1 N–H and O–H groups in total. The van der Waals surface area contributed by atoms with Gasteiger partial charge >= 0.3 is 0 Å². The summed E-state index contributed by atoms with van der Waals surface area (Å²) in [4.78, 5) is 7.87. The Balaban J connectivity index is 0.000000204. The Bertz CT molecular complexity index is 635. The van der Waals surface area contributed by atoms with Crippen LogP contribution in [0.1, 0.15) is 52.7 Å². The van der Waals surface area contributed by atoms with Gasteiger partial charge in [0.1, 0.15) is 0 Å². The highest BCUT2D eigenvalue weighted by Crippen LogP contribution is 2.27. The summed E-state index contributed by atoms with van der Waals surface area (Å²) in [5.41, 5.74) is 1.58. The number of nitrogens with zero attached hydrogens (tertiary/aromatic N) is 6. The second-order valence-corrected chi connectivity index (χ2v) is 9.01. The molecular formula is C18H31N7S2. The van der Waals surface area contributed by atoms with Crippen molar-refractivity contribution in [1.29, 1.82) is 0 Å². The van der Waals surface area contributed by atoms with Crippen LogP contribution in [0.3, 0.4) is 0 Å². The maximum absolute atomic E-state index is 3.99. The van der Waals surface area contributed by atoms with E-state index >= 15 is 0 Å². The predicted molar refractivity (Wildman–Crippen MR) is 113 cm³/mol. The molecule has 150 valence electrons. The first kappa shape index (κ1) is 23.7. The molecule has 1 fully saturated rings. The molecule has 1 saturated heterocycles. The molecule has 0 saturated carbocycles. The molecule has 3 rings (SSSR count). The highest BCUT2D eigenvalue weighted by molar-refractivity contribution is 7.98. The van der Waals surface area contributed by atoms with Crippen LogP contribution < -0.4 is 5.32 Å². The van der Waals surface area contributed by atoms with Crippen molar-refractivity contribution < 1.29 is 0 Å². The zero-order chi connectivity index (χ0) is 20.3. The molecule has 1 aliphatic rings. The average Bonchev–Trinajstić information content (AvgIpc) is 2.62. The van der Waals surface area contributed by atoms with E-state index in [1.54, 1.807) is 18.6 Å². The van der Waals surface area contributed by atoms with Gasteiger partial charge < -0.3 is 5.32 Å². The Labute approximate surface area is 171 Å². The maximum atomic E-state index is 3.99. The minimum absolute atomic E-state index is 0.363. The lowest BCUT2D eigenvalue weighted by molar-refractivity contribution is 0.183. The first-order valence-corrected chi connectivity index (χ1v) is 11.3. The first-order chi connectivity index (χ1) is 12.7. The largest absolute Gasteiger partial charge is 0.307 e. The van der Waals surface area contributed by atoms with Gasteiger partial charge in [-0.05, 0) is 66.4 Å². The fourth-order valence-corrected chi connectivity index (χ4v) is 3.33. The van der Waals surface area contributed by atoms with Gasteiger partial charge in [0.2, 0.25) is 10.3 Å². The molecule has 0 aliphatic carbocycles. The Morgan fingerprint density at radius 1 is 0.852 bits per heavy atom. The van der Waals surface area contributed by atoms with Crippen LogP contribution in [0.2, 0.25) is 0 Å². The van der Waals surface area contributed by atoms with Crippen LogP contribution in [-0.4, -0.2) is 54.0 Å². The van der Waals surface area contributed by atoms with Crippen molar-refractivity contribution in [3.8, 4) is 0 Å². The highest BCUT2D eigenvalue weighted by atomic mass is 32.2. The van der Waals surface area contributed by atoms with Crippen molar-refractivity contribution >= 4 is 23.5 Å². The van der Waals surface area contributed by atoms with Crippen molar-refractivity contribution in [3.05, 3.63) is 24.3 Å². The van der Waals surface area contributed by atoms with Crippen LogP contribution in [0.5, 0.6) is 0 Å². The van der Waals surface area contributed by atoms with Crippen molar-refractivity contribution in [2.75, 3.05) is 12.5 Å². The average molecular weight is 410 g/mol. The van der Waals surface area contributed by atoms with Crippen molar-refractivity contribution in [1.82, 2.24) is 35.7 Å². The molecule has 0 spiro atoms. The van der Waals surface area contributed by atoms with Gasteiger partial charge in [-0.15, -0.1) is 10.2 Å². The van der Waals surface area contributed by atoms with E-state index < -0.39 is 0 Å². The van der Waals surface area contributed by atoms with Crippen molar-refractivity contribution in [3.63, 3.8) is 0 Å². The van der Waals surface area contributed by atoms with E-state index in [0.29, 0.717) is 16.2 Å². The summed E-state index contributed by atoms with van der Waals surface area (Å²) >= 11 is 2.98. The summed E-state index contributed by atoms with van der Waals surface area (Å²) in [5, 5.41) is 20.0. The molecule has 2 aromatic rings. The molecule has 3 heterocycles. The maximum Gasteiger partial charge on any atom is 0.208 e. The van der Waals surface area contributed by atoms with Gasteiger partial charge in [-0.25, -0.2) is 9.97 Å². The van der Waals surface area contributed by atoms with Crippen LogP contribution in [0.4, 0.5) is 0 Å². The SMILES string of the molecule is CC1(C)CCCC(C)(C)N1.CSc1ncc(C)nn1.CSc1nccnn1. The van der Waals surface area contributed by atoms with Crippen molar-refractivity contribution in [2.24, 2.45) is 0 Å². The van der Waals surface area contributed by atoms with Gasteiger partial charge in [0.05, 0.1) is 24.3 Å². The summed E-state index contributed by atoms with van der Waals surface area (Å²) in [5.74, 6) is 0. The lowest BCUT2D eigenvalue weighted by Gasteiger charge is -2.42. The highest BCUT2D eigenvalue weighted by Gasteiger charge is 2.31. The normalized spacial score (nSPS) is 17.0. The Kier molecular flexibility index (Phi) is 10.1. The van der Waals surface area contributed by atoms with E-state index in [0.717, 1.165) is 10.9 Å². The quantitative estimate of drug-likeness (QED) is 0.743. The van der Waals surface area contributed by atoms with Crippen LogP contribution >= 0.6 is 23.5 Å². The van der Waals surface area contributed by atoms with E-state index in [2.05, 4.69) is 63.4 Å². The molecule has 0 atom stereocenters. The van der Waals surface area contributed by atoms with Gasteiger partial charge in [-0.2, -0.15) is 10.2 Å². The molecule has 0 bridgehead atoms. The van der Waals surface area contributed by atoms with Gasteiger partial charge in [-0.1, -0.05) is 23.5 Å². The number of hydrogen-bond donors (Lipinski definition) is 1. The minimum Gasteiger partial charge on any atom is -0.307 e. The van der Waals surface area contributed by atoms with E-state index in [4.69, 9.17) is 0 Å². The third-order valence-corrected chi connectivity index (χ3v) is 4.87. The van der Waals surface area contributed by atoms with Gasteiger partial charge in [0.25, 0.3) is 0 Å². The number of aryl methyl sites for hydroxylation is 1. The lowest BCUT2D eigenvalue weighted by atomic mass is 9.83. The molecule has 27 heavy (non-hydrogen) atoms. The van der Waals surface area contributed by atoms with Gasteiger partial charge in [0.15, 0.2) is 0 Å². The van der Waals surface area contributed by atoms with Crippen molar-refractivity contribution in [2.45, 2.75) is 75.3 Å². The smallest absolute Gasteiger partial charge is 0.208 e. The summed E-state index contributed by atoms with van der Waals surface area (Å²) in [6.07, 6.45) is 12.7. The zero-order valence-corrected chi connectivity index (χ0v) is 19.0. The molecule has 9 heteroatoms. The molecule has 0 radical (unpaired) electrons. The Morgan fingerprint density at radius 3 is 1.78 bits per heavy atom. The van der Waals surface area contributed by atoms with E-state index in [-0.39, 0.29) is 0 Å². The second-order valence-electron chi connectivity index (χ2n) is 7.46. The monoisotopic (exact) mass is 409 g/mol. The number of aromatic nitrogens is 6. The minimum atomic E-state index is 0.363. The van der Waals surface area contributed by atoms with E-state index in [1.807, 2.05) is 19.4 Å².